The lowest BCUT2D eigenvalue weighted by Gasteiger charge is -2.08. The molecule has 0 bridgehead atoms. The summed E-state index contributed by atoms with van der Waals surface area (Å²) in [6.07, 6.45) is 4.89. The number of nitrogens with zero attached hydrogens (tertiary/aromatic N) is 3. The highest BCUT2D eigenvalue weighted by Gasteiger charge is 2.08. The van der Waals surface area contributed by atoms with Crippen LogP contribution in [0.3, 0.4) is 0 Å². The molecule has 6 heteroatoms. The van der Waals surface area contributed by atoms with Crippen LogP contribution < -0.4 is 10.6 Å². The van der Waals surface area contributed by atoms with E-state index >= 15 is 0 Å². The van der Waals surface area contributed by atoms with Crippen molar-refractivity contribution in [3.8, 4) is 0 Å². The summed E-state index contributed by atoms with van der Waals surface area (Å²) in [5.41, 5.74) is 3.60. The molecule has 0 saturated carbocycles. The molecule has 0 aliphatic carbocycles. The number of amides is 1. The van der Waals surface area contributed by atoms with Gasteiger partial charge in [-0.25, -0.2) is 9.97 Å². The largest absolute Gasteiger partial charge is 0.366 e. The molecule has 3 rings (SSSR count). The molecular formula is C19H19N5O. The van der Waals surface area contributed by atoms with Crippen LogP contribution in [0.1, 0.15) is 27.2 Å². The Morgan fingerprint density at radius 2 is 1.88 bits per heavy atom. The van der Waals surface area contributed by atoms with Gasteiger partial charge in [0.2, 0.25) is 0 Å². The van der Waals surface area contributed by atoms with Gasteiger partial charge in [-0.2, -0.15) is 0 Å². The van der Waals surface area contributed by atoms with Gasteiger partial charge >= 0.3 is 0 Å². The van der Waals surface area contributed by atoms with Gasteiger partial charge < -0.3 is 10.6 Å². The highest BCUT2D eigenvalue weighted by Crippen LogP contribution is 2.07. The minimum absolute atomic E-state index is 0.229. The zero-order chi connectivity index (χ0) is 17.5. The summed E-state index contributed by atoms with van der Waals surface area (Å²) in [4.78, 5) is 24.5. The number of rotatable bonds is 6. The minimum Gasteiger partial charge on any atom is -0.366 e. The normalized spacial score (nSPS) is 10.3. The second-order valence-corrected chi connectivity index (χ2v) is 5.67. The highest BCUT2D eigenvalue weighted by molar-refractivity contribution is 5.92. The van der Waals surface area contributed by atoms with E-state index < -0.39 is 0 Å². The Balaban J connectivity index is 1.58. The Morgan fingerprint density at radius 3 is 2.64 bits per heavy atom. The first-order valence-electron chi connectivity index (χ1n) is 7.99. The molecule has 1 aromatic carbocycles. The zero-order valence-corrected chi connectivity index (χ0v) is 13.9. The number of nitrogens with one attached hydrogen (secondary N) is 2. The third-order valence-corrected chi connectivity index (χ3v) is 3.67. The van der Waals surface area contributed by atoms with Gasteiger partial charge in [-0.05, 0) is 24.1 Å². The minimum atomic E-state index is -0.229. The molecule has 0 aliphatic heterocycles. The summed E-state index contributed by atoms with van der Waals surface area (Å²) < 4.78 is 0. The molecular weight excluding hydrogens is 314 g/mol. The topological polar surface area (TPSA) is 79.8 Å². The first-order chi connectivity index (χ1) is 12.2. The standard InChI is InChI=1S/C19H19N5O/c1-14-4-6-15(7-5-14)11-22-19(25)17-9-18(24-13-23-17)21-12-16-3-2-8-20-10-16/h2-10,13H,11-12H2,1H3,(H,22,25)(H,21,23,24). The van der Waals surface area contributed by atoms with E-state index in [4.69, 9.17) is 0 Å². The zero-order valence-electron chi connectivity index (χ0n) is 13.9. The van der Waals surface area contributed by atoms with Crippen LogP contribution in [0.5, 0.6) is 0 Å². The van der Waals surface area contributed by atoms with Gasteiger partial charge in [0.25, 0.3) is 5.91 Å². The van der Waals surface area contributed by atoms with Gasteiger partial charge in [-0.1, -0.05) is 35.9 Å². The van der Waals surface area contributed by atoms with Crippen molar-refractivity contribution in [1.29, 1.82) is 0 Å². The number of carbonyl (C=O) groups is 1. The molecule has 0 saturated heterocycles. The van der Waals surface area contributed by atoms with Gasteiger partial charge in [0.15, 0.2) is 0 Å². The van der Waals surface area contributed by atoms with E-state index in [-0.39, 0.29) is 5.91 Å². The summed E-state index contributed by atoms with van der Waals surface area (Å²) in [6, 6.07) is 13.5. The molecule has 0 unspecified atom stereocenters. The predicted octanol–water partition coefficient (Wildman–Crippen LogP) is 2.72. The fourth-order valence-corrected chi connectivity index (χ4v) is 2.25. The van der Waals surface area contributed by atoms with E-state index in [1.165, 1.54) is 11.9 Å². The first-order valence-corrected chi connectivity index (χ1v) is 7.99. The first kappa shape index (κ1) is 16.6. The monoisotopic (exact) mass is 333 g/mol. The molecule has 126 valence electrons. The number of aryl methyl sites for hydroxylation is 1. The van der Waals surface area contributed by atoms with Crippen LogP contribution in [-0.2, 0) is 13.1 Å². The number of pyridine rings is 1. The van der Waals surface area contributed by atoms with Crippen molar-refractivity contribution in [3.63, 3.8) is 0 Å². The van der Waals surface area contributed by atoms with Crippen LogP contribution in [0, 0.1) is 6.92 Å². The number of anilines is 1. The van der Waals surface area contributed by atoms with E-state index in [1.807, 2.05) is 43.3 Å². The number of aromatic nitrogens is 3. The summed E-state index contributed by atoms with van der Waals surface area (Å²) in [6.45, 7) is 3.07. The maximum atomic E-state index is 12.3. The SMILES string of the molecule is Cc1ccc(CNC(=O)c2cc(NCc3cccnc3)ncn2)cc1. The van der Waals surface area contributed by atoms with Crippen molar-refractivity contribution in [3.05, 3.63) is 83.6 Å². The van der Waals surface area contributed by atoms with Gasteiger partial charge in [0.1, 0.15) is 17.8 Å². The maximum absolute atomic E-state index is 12.3. The van der Waals surface area contributed by atoms with Crippen molar-refractivity contribution < 1.29 is 4.79 Å². The molecule has 2 heterocycles. The Bertz CT molecular complexity index is 834. The van der Waals surface area contributed by atoms with Crippen molar-refractivity contribution in [2.75, 3.05) is 5.32 Å². The van der Waals surface area contributed by atoms with E-state index in [0.29, 0.717) is 24.6 Å². The highest BCUT2D eigenvalue weighted by atomic mass is 16.1. The summed E-state index contributed by atoms with van der Waals surface area (Å²) in [5.74, 6) is 0.367. The fourth-order valence-electron chi connectivity index (χ4n) is 2.25. The van der Waals surface area contributed by atoms with Gasteiger partial charge in [-0.15, -0.1) is 0 Å². The molecule has 25 heavy (non-hydrogen) atoms. The third kappa shape index (κ3) is 4.84. The van der Waals surface area contributed by atoms with Crippen LogP contribution in [0.2, 0.25) is 0 Å². The Labute approximate surface area is 146 Å². The molecule has 6 nitrogen and oxygen atoms in total. The molecule has 2 N–H and O–H groups in total. The average Bonchev–Trinajstić information content (AvgIpc) is 2.67. The van der Waals surface area contributed by atoms with E-state index in [1.54, 1.807) is 18.5 Å². The second-order valence-electron chi connectivity index (χ2n) is 5.67. The molecule has 0 radical (unpaired) electrons. The molecule has 0 fully saturated rings. The van der Waals surface area contributed by atoms with Crippen LogP contribution in [0.4, 0.5) is 5.82 Å². The molecule has 0 atom stereocenters. The predicted molar refractivity (Wildman–Crippen MR) is 95.9 cm³/mol. The van der Waals surface area contributed by atoms with Crippen molar-refractivity contribution in [2.45, 2.75) is 20.0 Å². The van der Waals surface area contributed by atoms with Gasteiger partial charge in [0, 0.05) is 31.5 Å². The number of carbonyl (C=O) groups excluding carboxylic acids is 1. The Kier molecular flexibility index (Phi) is 5.31. The summed E-state index contributed by atoms with van der Waals surface area (Å²) in [5, 5.41) is 6.03. The van der Waals surface area contributed by atoms with Crippen molar-refractivity contribution >= 4 is 11.7 Å². The summed E-state index contributed by atoms with van der Waals surface area (Å²) >= 11 is 0. The molecule has 2 aromatic heterocycles. The number of benzene rings is 1. The van der Waals surface area contributed by atoms with Gasteiger partial charge in [0.05, 0.1) is 0 Å². The van der Waals surface area contributed by atoms with Crippen LogP contribution in [-0.4, -0.2) is 20.9 Å². The molecule has 1 amide bonds. The second kappa shape index (κ2) is 8.01. The lowest BCUT2D eigenvalue weighted by molar-refractivity contribution is 0.0946. The van der Waals surface area contributed by atoms with Gasteiger partial charge in [-0.3, -0.25) is 9.78 Å². The number of hydrogen-bond acceptors (Lipinski definition) is 5. The molecule has 0 aliphatic rings. The smallest absolute Gasteiger partial charge is 0.270 e. The summed E-state index contributed by atoms with van der Waals surface area (Å²) in [7, 11) is 0. The molecule has 3 aromatic rings. The fraction of sp³-hybridized carbons (Fsp3) is 0.158. The lowest BCUT2D eigenvalue weighted by Crippen LogP contribution is -2.24. The Morgan fingerprint density at radius 1 is 1.04 bits per heavy atom. The lowest BCUT2D eigenvalue weighted by atomic mass is 10.1. The van der Waals surface area contributed by atoms with E-state index in [2.05, 4.69) is 25.6 Å². The van der Waals surface area contributed by atoms with Crippen molar-refractivity contribution in [2.24, 2.45) is 0 Å². The average molecular weight is 333 g/mol. The quantitative estimate of drug-likeness (QED) is 0.725. The van der Waals surface area contributed by atoms with Crippen molar-refractivity contribution in [1.82, 2.24) is 20.3 Å². The van der Waals surface area contributed by atoms with E-state index in [9.17, 15) is 4.79 Å². The Hall–Kier alpha value is -3.28. The molecule has 0 spiro atoms. The third-order valence-electron chi connectivity index (χ3n) is 3.67. The maximum Gasteiger partial charge on any atom is 0.270 e. The van der Waals surface area contributed by atoms with Crippen LogP contribution in [0.15, 0.2) is 61.2 Å². The van der Waals surface area contributed by atoms with E-state index in [0.717, 1.165) is 11.1 Å². The van der Waals surface area contributed by atoms with Crippen LogP contribution in [0.25, 0.3) is 0 Å². The number of hydrogen-bond donors (Lipinski definition) is 2. The van der Waals surface area contributed by atoms with Crippen LogP contribution >= 0.6 is 0 Å².